The van der Waals surface area contributed by atoms with Gasteiger partial charge in [-0.05, 0) is 89.6 Å². The van der Waals surface area contributed by atoms with Crippen LogP contribution in [0.4, 0.5) is 11.4 Å². The molecule has 0 saturated carbocycles. The Bertz CT molecular complexity index is 2130. The summed E-state index contributed by atoms with van der Waals surface area (Å²) in [5.74, 6) is -1.19. The van der Waals surface area contributed by atoms with Crippen LogP contribution in [0.15, 0.2) is 72.5 Å². The molecule has 1 atom stereocenters. The zero-order valence-corrected chi connectivity index (χ0v) is 33.8. The Hall–Kier alpha value is -3.18. The van der Waals surface area contributed by atoms with Crippen molar-refractivity contribution in [3.8, 4) is 0 Å². The minimum atomic E-state index is -4.18. The number of hydrogen-bond acceptors (Lipinski definition) is 8. The lowest BCUT2D eigenvalue weighted by Gasteiger charge is -2.30. The molecule has 0 spiro atoms. The molecule has 0 amide bonds. The Kier molecular flexibility index (Phi) is 13.4. The molecule has 0 aromatic heterocycles. The van der Waals surface area contributed by atoms with E-state index in [0.717, 1.165) is 45.0 Å². The highest BCUT2D eigenvalue weighted by Gasteiger charge is 2.46. The summed E-state index contributed by atoms with van der Waals surface area (Å²) in [4.78, 5) is 1.99. The molecule has 2 aromatic rings. The lowest BCUT2D eigenvalue weighted by Crippen LogP contribution is -2.30. The SMILES string of the molecule is Cc1cc(COC(C)C)c2c(c1)[N+](CCCS(=O)(=O)O)=C(C=CC=CC=C1N(CCCS(=O)(=O)O)c3ccccc3C1(C)CCCS(=O)(=O)O)C2(C)C. The molecule has 0 aliphatic carbocycles. The van der Waals surface area contributed by atoms with Gasteiger partial charge in [-0.3, -0.25) is 13.7 Å². The molecule has 2 aromatic carbocycles. The number of anilines is 1. The van der Waals surface area contributed by atoms with Crippen molar-refractivity contribution in [3.05, 3.63) is 94.7 Å². The maximum Gasteiger partial charge on any atom is 0.265 e. The largest absolute Gasteiger partial charge is 0.374 e. The smallest absolute Gasteiger partial charge is 0.265 e. The molecule has 1 unspecified atom stereocenters. The zero-order valence-electron chi connectivity index (χ0n) is 31.3. The summed E-state index contributed by atoms with van der Waals surface area (Å²) in [7, 11) is -12.5. The van der Waals surface area contributed by atoms with Crippen LogP contribution >= 0.6 is 0 Å². The van der Waals surface area contributed by atoms with E-state index in [1.165, 1.54) is 0 Å². The van der Waals surface area contributed by atoms with Gasteiger partial charge in [0.05, 0.1) is 35.4 Å². The summed E-state index contributed by atoms with van der Waals surface area (Å²) in [6, 6.07) is 11.8. The van der Waals surface area contributed by atoms with E-state index in [-0.39, 0.29) is 37.7 Å². The van der Waals surface area contributed by atoms with Crippen LogP contribution in [-0.4, -0.2) is 85.7 Å². The van der Waals surface area contributed by atoms with Gasteiger partial charge in [0.2, 0.25) is 5.69 Å². The van der Waals surface area contributed by atoms with Gasteiger partial charge in [-0.25, -0.2) is 0 Å². The van der Waals surface area contributed by atoms with Gasteiger partial charge in [0, 0.05) is 47.5 Å². The molecule has 2 heterocycles. The van der Waals surface area contributed by atoms with Gasteiger partial charge in [0.15, 0.2) is 5.71 Å². The standard InChI is InChI=1S/C38H52N2O10S3/c1-28(2)50-27-30-25-29(3)26-33-36(30)37(4,5)34(40(33)21-14-24-53(47,48)49)17-8-7-9-18-35-38(6,19-12-22-51(41,42)43)31-15-10-11-16-32(31)39(35)20-13-23-52(44,45)46/h7-11,15-18,25-26,28H,12-14,19-24,27H2,1-6H3,(H2-,41,42,43,44,45,46,47,48,49)/p+1. The second-order valence-corrected chi connectivity index (χ2v) is 19.5. The van der Waals surface area contributed by atoms with E-state index in [2.05, 4.69) is 30.6 Å². The quantitative estimate of drug-likeness (QED) is 0.0877. The number of ether oxygens (including phenoxy) is 1. The van der Waals surface area contributed by atoms with E-state index in [9.17, 15) is 38.9 Å². The van der Waals surface area contributed by atoms with Crippen LogP contribution in [-0.2, 0) is 52.5 Å². The number of allylic oxidation sites excluding steroid dienone is 6. The molecule has 3 N–H and O–H groups in total. The van der Waals surface area contributed by atoms with E-state index in [4.69, 9.17) is 4.74 Å². The highest BCUT2D eigenvalue weighted by molar-refractivity contribution is 7.86. The first-order valence-corrected chi connectivity index (χ1v) is 22.5. The molecule has 2 aliphatic heterocycles. The van der Waals surface area contributed by atoms with Gasteiger partial charge in [-0.2, -0.15) is 29.8 Å². The van der Waals surface area contributed by atoms with Crippen LogP contribution < -0.4 is 4.90 Å². The Morgan fingerprint density at radius 3 is 2.11 bits per heavy atom. The highest BCUT2D eigenvalue weighted by Crippen LogP contribution is 2.50. The predicted octanol–water partition coefficient (Wildman–Crippen LogP) is 6.29. The Balaban J connectivity index is 1.74. The molecule has 292 valence electrons. The predicted molar refractivity (Wildman–Crippen MR) is 209 cm³/mol. The minimum absolute atomic E-state index is 0.0278. The molecule has 53 heavy (non-hydrogen) atoms. The average Bonchev–Trinajstić information content (AvgIpc) is 3.37. The average molecular weight is 794 g/mol. The molecule has 2 aliphatic rings. The summed E-state index contributed by atoms with van der Waals surface area (Å²) in [5, 5.41) is 0. The zero-order chi connectivity index (χ0) is 39.4. The van der Waals surface area contributed by atoms with Crippen LogP contribution in [0.1, 0.15) is 82.6 Å². The third-order valence-electron chi connectivity index (χ3n) is 9.79. The van der Waals surface area contributed by atoms with Crippen molar-refractivity contribution >= 4 is 47.4 Å². The van der Waals surface area contributed by atoms with Crippen LogP contribution in [0.25, 0.3) is 0 Å². The number of para-hydroxylation sites is 1. The fourth-order valence-corrected chi connectivity index (χ4v) is 9.07. The molecular formula is C38H53N2O10S3+. The summed E-state index contributed by atoms with van der Waals surface area (Å²) < 4.78 is 106. The van der Waals surface area contributed by atoms with Gasteiger partial charge < -0.3 is 9.64 Å². The second kappa shape index (κ2) is 16.7. The lowest BCUT2D eigenvalue weighted by molar-refractivity contribution is -0.437. The highest BCUT2D eigenvalue weighted by atomic mass is 32.2. The first-order chi connectivity index (χ1) is 24.5. The molecule has 0 fully saturated rings. The van der Waals surface area contributed by atoms with Crippen LogP contribution in [0.5, 0.6) is 0 Å². The molecule has 4 rings (SSSR count). The molecule has 12 nitrogen and oxygen atoms in total. The maximum atomic E-state index is 11.6. The van der Waals surface area contributed by atoms with E-state index >= 15 is 0 Å². The second-order valence-electron chi connectivity index (χ2n) is 14.8. The van der Waals surface area contributed by atoms with Crippen LogP contribution in [0.2, 0.25) is 0 Å². The maximum absolute atomic E-state index is 11.6. The normalized spacial score (nSPS) is 19.7. The fourth-order valence-electron chi connectivity index (χ4n) is 7.57. The third-order valence-corrected chi connectivity index (χ3v) is 12.2. The number of benzene rings is 2. The Morgan fingerprint density at radius 1 is 0.849 bits per heavy atom. The van der Waals surface area contributed by atoms with E-state index in [1.807, 2.05) is 87.2 Å². The van der Waals surface area contributed by atoms with Crippen molar-refractivity contribution in [2.75, 3.05) is 35.2 Å². The van der Waals surface area contributed by atoms with Gasteiger partial charge >= 0.3 is 0 Å². The third kappa shape index (κ3) is 11.0. The Labute approximate surface area is 315 Å². The first-order valence-electron chi connectivity index (χ1n) is 17.7. The first kappa shape index (κ1) is 42.6. The van der Waals surface area contributed by atoms with Gasteiger partial charge in [-0.1, -0.05) is 42.5 Å². The van der Waals surface area contributed by atoms with Gasteiger partial charge in [0.1, 0.15) is 6.54 Å². The summed E-state index contributed by atoms with van der Waals surface area (Å²) in [6.07, 6.45) is 10.5. The van der Waals surface area contributed by atoms with Gasteiger partial charge in [0.25, 0.3) is 30.4 Å². The van der Waals surface area contributed by atoms with Crippen molar-refractivity contribution < 1.29 is 48.2 Å². The van der Waals surface area contributed by atoms with Crippen molar-refractivity contribution in [2.45, 2.75) is 90.8 Å². The summed E-state index contributed by atoms with van der Waals surface area (Å²) in [5.41, 5.74) is 6.51. The minimum Gasteiger partial charge on any atom is -0.374 e. The molecule has 15 heteroatoms. The number of fused-ring (bicyclic) bond motifs is 2. The van der Waals surface area contributed by atoms with Crippen molar-refractivity contribution in [2.24, 2.45) is 0 Å². The Morgan fingerprint density at radius 2 is 1.47 bits per heavy atom. The molecular weight excluding hydrogens is 741 g/mol. The molecule has 0 bridgehead atoms. The number of hydrogen-bond donors (Lipinski definition) is 3. The van der Waals surface area contributed by atoms with Crippen LogP contribution in [0.3, 0.4) is 0 Å². The van der Waals surface area contributed by atoms with Gasteiger partial charge in [-0.15, -0.1) is 0 Å². The van der Waals surface area contributed by atoms with Crippen molar-refractivity contribution in [1.82, 2.24) is 0 Å². The van der Waals surface area contributed by atoms with E-state index in [0.29, 0.717) is 19.6 Å². The topological polar surface area (TPSA) is 179 Å². The molecule has 0 saturated heterocycles. The van der Waals surface area contributed by atoms with E-state index < -0.39 is 52.7 Å². The lowest BCUT2D eigenvalue weighted by atomic mass is 9.77. The summed E-state index contributed by atoms with van der Waals surface area (Å²) in [6.45, 7) is 13.3. The fraction of sp³-hybridized carbons (Fsp3) is 0.500. The number of aryl methyl sites for hydroxylation is 1. The number of nitrogens with zero attached hydrogens (tertiary/aromatic N) is 2. The van der Waals surface area contributed by atoms with Crippen LogP contribution in [0, 0.1) is 6.92 Å². The van der Waals surface area contributed by atoms with Crippen molar-refractivity contribution in [3.63, 3.8) is 0 Å². The molecule has 0 radical (unpaired) electrons. The monoisotopic (exact) mass is 793 g/mol. The van der Waals surface area contributed by atoms with Crippen molar-refractivity contribution in [1.29, 1.82) is 0 Å². The number of rotatable bonds is 18. The summed E-state index contributed by atoms with van der Waals surface area (Å²) >= 11 is 0. The van der Waals surface area contributed by atoms with E-state index in [1.54, 1.807) is 0 Å².